The van der Waals surface area contributed by atoms with Crippen molar-refractivity contribution < 1.29 is 14.7 Å². The zero-order valence-corrected chi connectivity index (χ0v) is 10.5. The predicted octanol–water partition coefficient (Wildman–Crippen LogP) is 2.23. The second-order valence-corrected chi connectivity index (χ2v) is 5.21. The lowest BCUT2D eigenvalue weighted by molar-refractivity contribution is -0.117. The van der Waals surface area contributed by atoms with Crippen LogP contribution in [0.3, 0.4) is 0 Å². The third-order valence-corrected chi connectivity index (χ3v) is 3.88. The number of carboxylic acids is 1. The monoisotopic (exact) mass is 251 g/mol. The van der Waals surface area contributed by atoms with Gasteiger partial charge in [-0.1, -0.05) is 0 Å². The van der Waals surface area contributed by atoms with Gasteiger partial charge in [0.2, 0.25) is 5.91 Å². The molecular formula is C12H13NO3S. The number of hydrogen-bond acceptors (Lipinski definition) is 3. The predicted molar refractivity (Wildman–Crippen MR) is 66.7 cm³/mol. The van der Waals surface area contributed by atoms with Crippen LogP contribution in [0.4, 0.5) is 5.69 Å². The lowest BCUT2D eigenvalue weighted by Gasteiger charge is -2.31. The van der Waals surface area contributed by atoms with Crippen molar-refractivity contribution in [3.8, 4) is 0 Å². The Labute approximate surface area is 104 Å². The number of carboxylic acid groups (broad SMARTS) is 1. The number of aromatic carboxylic acids is 1. The maximum absolute atomic E-state index is 12.0. The van der Waals surface area contributed by atoms with Gasteiger partial charge < -0.3 is 10.0 Å². The highest BCUT2D eigenvalue weighted by molar-refractivity contribution is 8.00. The summed E-state index contributed by atoms with van der Waals surface area (Å²) in [6.45, 7) is 4.31. The maximum atomic E-state index is 12.0. The van der Waals surface area contributed by atoms with Crippen LogP contribution in [0.15, 0.2) is 23.1 Å². The average Bonchev–Trinajstić information content (AvgIpc) is 2.30. The van der Waals surface area contributed by atoms with Gasteiger partial charge in [-0.15, -0.1) is 11.8 Å². The second kappa shape index (κ2) is 4.41. The van der Waals surface area contributed by atoms with Gasteiger partial charge in [0, 0.05) is 11.4 Å². The first-order valence-electron chi connectivity index (χ1n) is 5.40. The normalized spacial score (nSPS) is 19.1. The quantitative estimate of drug-likeness (QED) is 0.875. The van der Waals surface area contributed by atoms with E-state index < -0.39 is 5.97 Å². The molecule has 0 fully saturated rings. The van der Waals surface area contributed by atoms with Crippen LogP contribution in [0.5, 0.6) is 0 Å². The highest BCUT2D eigenvalue weighted by atomic mass is 32.2. The van der Waals surface area contributed by atoms with Crippen molar-refractivity contribution in [1.82, 2.24) is 0 Å². The number of benzene rings is 1. The molecule has 1 atom stereocenters. The summed E-state index contributed by atoms with van der Waals surface area (Å²) in [5.41, 5.74) is 0.922. The standard InChI is InChI=1S/C12H13NO3S/c1-3-13-9-6-8(12(15)16)4-5-10(9)17-7(2)11(13)14/h4-7H,3H2,1-2H3,(H,15,16). The van der Waals surface area contributed by atoms with E-state index in [0.717, 1.165) is 4.90 Å². The van der Waals surface area contributed by atoms with E-state index in [0.29, 0.717) is 12.2 Å². The van der Waals surface area contributed by atoms with Crippen LogP contribution >= 0.6 is 11.8 Å². The van der Waals surface area contributed by atoms with E-state index >= 15 is 0 Å². The summed E-state index contributed by atoms with van der Waals surface area (Å²) in [5, 5.41) is 8.84. The van der Waals surface area contributed by atoms with E-state index in [4.69, 9.17) is 5.11 Å². The highest BCUT2D eigenvalue weighted by Gasteiger charge is 2.30. The molecule has 0 saturated carbocycles. The molecule has 0 radical (unpaired) electrons. The van der Waals surface area contributed by atoms with Crippen LogP contribution in [0.25, 0.3) is 0 Å². The minimum atomic E-state index is -0.972. The van der Waals surface area contributed by atoms with Crippen LogP contribution < -0.4 is 4.90 Å². The Kier molecular flexibility index (Phi) is 3.11. The Morgan fingerprint density at radius 2 is 2.24 bits per heavy atom. The van der Waals surface area contributed by atoms with Crippen LogP contribution in [-0.4, -0.2) is 28.8 Å². The molecule has 0 bridgehead atoms. The molecule has 1 aromatic carbocycles. The summed E-state index contributed by atoms with van der Waals surface area (Å²) in [7, 11) is 0. The van der Waals surface area contributed by atoms with Crippen molar-refractivity contribution in [2.24, 2.45) is 0 Å². The van der Waals surface area contributed by atoms with Gasteiger partial charge >= 0.3 is 5.97 Å². The van der Waals surface area contributed by atoms with Gasteiger partial charge in [0.15, 0.2) is 0 Å². The highest BCUT2D eigenvalue weighted by Crippen LogP contribution is 2.39. The first kappa shape index (κ1) is 12.0. The molecule has 5 heteroatoms. The van der Waals surface area contributed by atoms with Crippen LogP contribution in [0, 0.1) is 0 Å². The summed E-state index contributed by atoms with van der Waals surface area (Å²) in [6.07, 6.45) is 0. The summed E-state index contributed by atoms with van der Waals surface area (Å²) < 4.78 is 0. The molecule has 1 aliphatic rings. The van der Waals surface area contributed by atoms with Gasteiger partial charge in [0.1, 0.15) is 0 Å². The van der Waals surface area contributed by atoms with Gasteiger partial charge in [-0.05, 0) is 32.0 Å². The van der Waals surface area contributed by atoms with Gasteiger partial charge in [0.25, 0.3) is 0 Å². The minimum absolute atomic E-state index is 0.0348. The topological polar surface area (TPSA) is 57.6 Å². The van der Waals surface area contributed by atoms with Gasteiger partial charge in [-0.3, -0.25) is 4.79 Å². The van der Waals surface area contributed by atoms with Crippen LogP contribution in [0.1, 0.15) is 24.2 Å². The lowest BCUT2D eigenvalue weighted by atomic mass is 10.1. The Hall–Kier alpha value is -1.49. The van der Waals surface area contributed by atoms with Crippen LogP contribution in [-0.2, 0) is 4.79 Å². The van der Waals surface area contributed by atoms with Crippen molar-refractivity contribution in [3.05, 3.63) is 23.8 Å². The first-order chi connectivity index (χ1) is 8.04. The van der Waals surface area contributed by atoms with Crippen molar-refractivity contribution in [1.29, 1.82) is 0 Å². The first-order valence-corrected chi connectivity index (χ1v) is 6.28. The molecule has 2 rings (SSSR count). The van der Waals surface area contributed by atoms with Crippen molar-refractivity contribution >= 4 is 29.3 Å². The molecule has 1 N–H and O–H groups in total. The Bertz CT molecular complexity index is 487. The fourth-order valence-corrected chi connectivity index (χ4v) is 2.91. The Balaban J connectivity index is 2.52. The number of fused-ring (bicyclic) bond motifs is 1. The minimum Gasteiger partial charge on any atom is -0.478 e. The summed E-state index contributed by atoms with van der Waals surface area (Å²) in [5.74, 6) is -0.938. The third kappa shape index (κ3) is 2.02. The lowest BCUT2D eigenvalue weighted by Crippen LogP contribution is -2.39. The fraction of sp³-hybridized carbons (Fsp3) is 0.333. The summed E-state index contributed by atoms with van der Waals surface area (Å²) in [6, 6.07) is 4.91. The van der Waals surface area contributed by atoms with Crippen LogP contribution in [0.2, 0.25) is 0 Å². The zero-order chi connectivity index (χ0) is 12.6. The van der Waals surface area contributed by atoms with E-state index in [9.17, 15) is 9.59 Å². The number of hydrogen-bond donors (Lipinski definition) is 1. The number of thioether (sulfide) groups is 1. The second-order valence-electron chi connectivity index (χ2n) is 3.83. The molecule has 1 aliphatic heterocycles. The van der Waals surface area contributed by atoms with E-state index in [1.165, 1.54) is 11.8 Å². The van der Waals surface area contributed by atoms with Gasteiger partial charge in [0.05, 0.1) is 16.5 Å². The fourth-order valence-electron chi connectivity index (χ4n) is 1.87. The van der Waals surface area contributed by atoms with Crippen molar-refractivity contribution in [2.45, 2.75) is 24.0 Å². The van der Waals surface area contributed by atoms with E-state index in [2.05, 4.69) is 0 Å². The molecule has 0 aliphatic carbocycles. The van der Waals surface area contributed by atoms with Gasteiger partial charge in [-0.25, -0.2) is 4.79 Å². The molecule has 4 nitrogen and oxygen atoms in total. The number of rotatable bonds is 2. The van der Waals surface area contributed by atoms with Crippen molar-refractivity contribution in [3.63, 3.8) is 0 Å². The molecule has 0 aromatic heterocycles. The smallest absolute Gasteiger partial charge is 0.335 e. The zero-order valence-electron chi connectivity index (χ0n) is 9.64. The van der Waals surface area contributed by atoms with E-state index in [1.807, 2.05) is 13.8 Å². The SMILES string of the molecule is CCN1C(=O)C(C)Sc2ccc(C(=O)O)cc21. The third-order valence-electron chi connectivity index (χ3n) is 2.73. The maximum Gasteiger partial charge on any atom is 0.335 e. The van der Waals surface area contributed by atoms with Gasteiger partial charge in [-0.2, -0.15) is 0 Å². The Morgan fingerprint density at radius 3 is 2.82 bits per heavy atom. The molecule has 1 amide bonds. The van der Waals surface area contributed by atoms with E-state index in [1.54, 1.807) is 23.1 Å². The number of anilines is 1. The van der Waals surface area contributed by atoms with E-state index in [-0.39, 0.29) is 16.7 Å². The number of carbonyl (C=O) groups excluding carboxylic acids is 1. The molecule has 1 unspecified atom stereocenters. The molecule has 17 heavy (non-hydrogen) atoms. The number of nitrogens with zero attached hydrogens (tertiary/aromatic N) is 1. The largest absolute Gasteiger partial charge is 0.478 e. The molecule has 1 aromatic rings. The summed E-state index contributed by atoms with van der Waals surface area (Å²) in [4.78, 5) is 25.5. The molecule has 0 saturated heterocycles. The molecule has 0 spiro atoms. The number of carbonyl (C=O) groups is 2. The Morgan fingerprint density at radius 1 is 1.53 bits per heavy atom. The average molecular weight is 251 g/mol. The van der Waals surface area contributed by atoms with Crippen molar-refractivity contribution in [2.75, 3.05) is 11.4 Å². The molecule has 90 valence electrons. The molecular weight excluding hydrogens is 238 g/mol. The summed E-state index contributed by atoms with van der Waals surface area (Å²) >= 11 is 1.48. The molecule has 1 heterocycles. The number of amides is 1.